The zero-order chi connectivity index (χ0) is 31.6. The van der Waals surface area contributed by atoms with Crippen molar-refractivity contribution in [1.29, 1.82) is 0 Å². The molecule has 0 unspecified atom stereocenters. The fourth-order valence-corrected chi connectivity index (χ4v) is 5.88. The number of amides is 1. The van der Waals surface area contributed by atoms with Crippen LogP contribution in [0.5, 0.6) is 5.75 Å². The molecule has 10 heteroatoms. The first kappa shape index (κ1) is 32.7. The highest BCUT2D eigenvalue weighted by molar-refractivity contribution is 9.10. The molecule has 0 fully saturated rings. The molecule has 0 radical (unpaired) electrons. The molecular formula is C35H32BrCl2N3O4. The first-order valence-electron chi connectivity index (χ1n) is 14.4. The van der Waals surface area contributed by atoms with Gasteiger partial charge in [0, 0.05) is 51.6 Å². The third-order valence-electron chi connectivity index (χ3n) is 7.25. The summed E-state index contributed by atoms with van der Waals surface area (Å²) in [5.41, 5.74) is 7.78. The minimum Gasteiger partial charge on any atom is -0.494 e. The van der Waals surface area contributed by atoms with Gasteiger partial charge in [-0.25, -0.2) is 10.4 Å². The maximum atomic E-state index is 14.3. The summed E-state index contributed by atoms with van der Waals surface area (Å²) in [6, 6.07) is 30.1. The van der Waals surface area contributed by atoms with Crippen LogP contribution < -0.4 is 15.6 Å². The minimum atomic E-state index is -1.38. The average molecular weight is 709 g/mol. The van der Waals surface area contributed by atoms with Gasteiger partial charge < -0.3 is 14.6 Å². The van der Waals surface area contributed by atoms with Crippen molar-refractivity contribution in [2.24, 2.45) is 4.99 Å². The molecule has 2 atom stereocenters. The molecule has 0 aliphatic carbocycles. The Morgan fingerprint density at radius 2 is 1.78 bits per heavy atom. The standard InChI is InChI=1S/C35H32BrCl2N3O4/c36-30-12-5-4-11-29(30)32-35(19-6-10-24-8-2-1-3-9-24,34(43)41-39-23-26-13-16-27(37)22-31(26)38)40-33(45-32)25-14-17-28(18-15-25)44-21-7-20-42/h1-6,8-18,22,32,39,42H,7,19-21,23H2,(H,41,43)/b10-6+/t32-,35-/m0/s1. The van der Waals surface area contributed by atoms with E-state index in [0.717, 1.165) is 21.2 Å². The fraction of sp³-hybridized carbons (Fsp3) is 0.200. The number of hydrazine groups is 1. The van der Waals surface area contributed by atoms with Gasteiger partial charge in [0.15, 0.2) is 11.6 Å². The van der Waals surface area contributed by atoms with Crippen LogP contribution >= 0.6 is 39.1 Å². The largest absolute Gasteiger partial charge is 0.494 e. The summed E-state index contributed by atoms with van der Waals surface area (Å²) in [5, 5.41) is 10.1. The summed E-state index contributed by atoms with van der Waals surface area (Å²) in [4.78, 5) is 19.3. The molecule has 45 heavy (non-hydrogen) atoms. The Morgan fingerprint density at radius 3 is 2.51 bits per heavy atom. The van der Waals surface area contributed by atoms with Crippen LogP contribution in [0, 0.1) is 0 Å². The molecule has 4 aromatic rings. The number of aliphatic hydroxyl groups is 1. The summed E-state index contributed by atoms with van der Waals surface area (Å²) in [5.74, 6) is 0.625. The molecule has 1 aliphatic heterocycles. The SMILES string of the molecule is O=C(NNCc1ccc(Cl)cc1Cl)[C@@]1(C/C=C/c2ccccc2)N=C(c2ccc(OCCCO)cc2)O[C@H]1c1ccccc1Br. The molecule has 0 aromatic heterocycles. The number of nitrogens with one attached hydrogen (secondary N) is 2. The van der Waals surface area contributed by atoms with E-state index in [0.29, 0.717) is 40.3 Å². The minimum absolute atomic E-state index is 0.0592. The van der Waals surface area contributed by atoms with Gasteiger partial charge in [0.1, 0.15) is 5.75 Å². The Kier molecular flexibility index (Phi) is 11.3. The molecule has 5 rings (SSSR count). The van der Waals surface area contributed by atoms with Crippen LogP contribution in [0.2, 0.25) is 10.0 Å². The summed E-state index contributed by atoms with van der Waals surface area (Å²) in [7, 11) is 0. The number of aliphatic hydroxyl groups excluding tert-OH is 1. The first-order valence-corrected chi connectivity index (χ1v) is 16.0. The number of halogens is 3. The molecule has 0 saturated carbocycles. The Balaban J connectivity index is 1.49. The maximum Gasteiger partial charge on any atom is 0.266 e. The van der Waals surface area contributed by atoms with E-state index in [1.807, 2.05) is 91.0 Å². The summed E-state index contributed by atoms with van der Waals surface area (Å²) < 4.78 is 13.1. The molecule has 4 aromatic carbocycles. The lowest BCUT2D eigenvalue weighted by Crippen LogP contribution is -2.52. The average Bonchev–Trinajstić information content (AvgIpc) is 3.43. The lowest BCUT2D eigenvalue weighted by molar-refractivity contribution is -0.129. The monoisotopic (exact) mass is 707 g/mol. The second-order valence-corrected chi connectivity index (χ2v) is 12.1. The van der Waals surface area contributed by atoms with Gasteiger partial charge in [0.05, 0.1) is 6.61 Å². The first-order chi connectivity index (χ1) is 21.9. The van der Waals surface area contributed by atoms with Crippen LogP contribution in [-0.4, -0.2) is 35.7 Å². The summed E-state index contributed by atoms with van der Waals surface area (Å²) in [6.07, 6.45) is 3.94. The van der Waals surface area contributed by atoms with Crippen molar-refractivity contribution in [1.82, 2.24) is 10.9 Å². The van der Waals surface area contributed by atoms with Crippen LogP contribution in [0.1, 0.15) is 41.2 Å². The van der Waals surface area contributed by atoms with Crippen molar-refractivity contribution < 1.29 is 19.4 Å². The second-order valence-electron chi connectivity index (χ2n) is 10.4. The lowest BCUT2D eigenvalue weighted by atomic mass is 9.84. The third kappa shape index (κ3) is 8.14. The number of carbonyl (C=O) groups is 1. The fourth-order valence-electron chi connectivity index (χ4n) is 4.91. The molecule has 0 bridgehead atoms. The van der Waals surface area contributed by atoms with Crippen LogP contribution in [0.4, 0.5) is 0 Å². The van der Waals surface area contributed by atoms with Crippen molar-refractivity contribution in [3.05, 3.63) is 140 Å². The zero-order valence-electron chi connectivity index (χ0n) is 24.3. The second kappa shape index (κ2) is 15.6. The van der Waals surface area contributed by atoms with E-state index in [9.17, 15) is 4.79 Å². The lowest BCUT2D eigenvalue weighted by Gasteiger charge is -2.30. The van der Waals surface area contributed by atoms with Gasteiger partial charge in [-0.05, 0) is 53.6 Å². The molecule has 1 heterocycles. The van der Waals surface area contributed by atoms with E-state index in [2.05, 4.69) is 26.8 Å². The number of carbonyl (C=O) groups excluding carboxylic acids is 1. The van der Waals surface area contributed by atoms with Crippen molar-refractivity contribution in [3.8, 4) is 5.75 Å². The van der Waals surface area contributed by atoms with E-state index < -0.39 is 11.6 Å². The van der Waals surface area contributed by atoms with Gasteiger partial charge in [-0.2, -0.15) is 0 Å². The molecule has 7 nitrogen and oxygen atoms in total. The van der Waals surface area contributed by atoms with Crippen molar-refractivity contribution in [2.75, 3.05) is 13.2 Å². The number of nitrogens with zero attached hydrogens (tertiary/aromatic N) is 1. The van der Waals surface area contributed by atoms with Crippen LogP contribution in [-0.2, 0) is 16.1 Å². The number of hydrogen-bond donors (Lipinski definition) is 3. The predicted octanol–water partition coefficient (Wildman–Crippen LogP) is 7.70. The molecule has 1 amide bonds. The molecule has 0 saturated heterocycles. The number of hydrogen-bond acceptors (Lipinski definition) is 6. The predicted molar refractivity (Wildman–Crippen MR) is 182 cm³/mol. The van der Waals surface area contributed by atoms with E-state index >= 15 is 0 Å². The number of ether oxygens (including phenoxy) is 2. The Labute approximate surface area is 281 Å². The van der Waals surface area contributed by atoms with E-state index in [4.69, 9.17) is 42.8 Å². The Morgan fingerprint density at radius 1 is 1.02 bits per heavy atom. The van der Waals surface area contributed by atoms with Crippen LogP contribution in [0.25, 0.3) is 6.08 Å². The van der Waals surface area contributed by atoms with Gasteiger partial charge in [-0.15, -0.1) is 0 Å². The molecule has 3 N–H and O–H groups in total. The number of rotatable bonds is 13. The van der Waals surface area contributed by atoms with Crippen LogP contribution in [0.3, 0.4) is 0 Å². The van der Waals surface area contributed by atoms with Gasteiger partial charge in [-0.3, -0.25) is 10.2 Å². The number of aliphatic imine (C=N–C) groups is 1. The quantitative estimate of drug-likeness (QED) is 0.0979. The van der Waals surface area contributed by atoms with E-state index in [-0.39, 0.29) is 25.5 Å². The number of benzene rings is 4. The Bertz CT molecular complexity index is 1670. The van der Waals surface area contributed by atoms with Crippen molar-refractivity contribution in [3.63, 3.8) is 0 Å². The smallest absolute Gasteiger partial charge is 0.266 e. The van der Waals surface area contributed by atoms with Crippen LogP contribution in [0.15, 0.2) is 113 Å². The molecule has 0 spiro atoms. The summed E-state index contributed by atoms with van der Waals surface area (Å²) >= 11 is 16.1. The molecule has 232 valence electrons. The highest BCUT2D eigenvalue weighted by atomic mass is 79.9. The van der Waals surface area contributed by atoms with E-state index in [1.165, 1.54) is 0 Å². The van der Waals surface area contributed by atoms with Crippen molar-refractivity contribution in [2.45, 2.75) is 31.0 Å². The van der Waals surface area contributed by atoms with Crippen molar-refractivity contribution >= 4 is 57.0 Å². The van der Waals surface area contributed by atoms with Gasteiger partial charge in [0.2, 0.25) is 5.90 Å². The highest BCUT2D eigenvalue weighted by Gasteiger charge is 2.53. The normalized spacial score (nSPS) is 17.6. The van der Waals surface area contributed by atoms with Gasteiger partial charge in [-0.1, -0.05) is 106 Å². The van der Waals surface area contributed by atoms with Gasteiger partial charge >= 0.3 is 0 Å². The highest BCUT2D eigenvalue weighted by Crippen LogP contribution is 2.45. The molecular weight excluding hydrogens is 677 g/mol. The Hall–Kier alpha value is -3.66. The van der Waals surface area contributed by atoms with E-state index in [1.54, 1.807) is 18.2 Å². The zero-order valence-corrected chi connectivity index (χ0v) is 27.4. The maximum absolute atomic E-state index is 14.3. The topological polar surface area (TPSA) is 92.2 Å². The van der Waals surface area contributed by atoms with Gasteiger partial charge in [0.25, 0.3) is 5.91 Å². The third-order valence-corrected chi connectivity index (χ3v) is 8.56. The molecule has 1 aliphatic rings. The summed E-state index contributed by atoms with van der Waals surface area (Å²) in [6.45, 7) is 0.735.